The Morgan fingerprint density at radius 2 is 2.19 bits per heavy atom. The molecule has 0 spiro atoms. The quantitative estimate of drug-likeness (QED) is 0.840. The Bertz CT molecular complexity index is 656. The van der Waals surface area contributed by atoms with E-state index in [1.165, 1.54) is 0 Å². The summed E-state index contributed by atoms with van der Waals surface area (Å²) < 4.78 is 10.4. The van der Waals surface area contributed by atoms with Crippen LogP contribution in [0.2, 0.25) is 0 Å². The Morgan fingerprint density at radius 1 is 1.52 bits per heavy atom. The van der Waals surface area contributed by atoms with E-state index in [-0.39, 0.29) is 18.1 Å². The van der Waals surface area contributed by atoms with Crippen LogP contribution in [0.15, 0.2) is 47.3 Å². The molecule has 0 saturated heterocycles. The van der Waals surface area contributed by atoms with Gasteiger partial charge in [0.05, 0.1) is 18.1 Å². The number of aromatic nitrogens is 1. The molecule has 0 aromatic carbocycles. The van der Waals surface area contributed by atoms with Gasteiger partial charge in [-0.15, -0.1) is 0 Å². The van der Waals surface area contributed by atoms with E-state index in [9.17, 15) is 10.1 Å². The molecule has 1 aliphatic rings. The van der Waals surface area contributed by atoms with E-state index in [0.717, 1.165) is 5.56 Å². The first-order valence-corrected chi connectivity index (χ1v) is 6.51. The van der Waals surface area contributed by atoms with Crippen molar-refractivity contribution in [3.63, 3.8) is 0 Å². The smallest absolute Gasteiger partial charge is 0.338 e. The van der Waals surface area contributed by atoms with Crippen molar-refractivity contribution in [2.24, 2.45) is 5.73 Å². The number of hydrogen-bond acceptors (Lipinski definition) is 5. The van der Waals surface area contributed by atoms with Crippen molar-refractivity contribution in [3.05, 3.63) is 52.9 Å². The monoisotopic (exact) mass is 286 g/mol. The molecule has 0 fully saturated rings. The molecule has 108 valence electrons. The van der Waals surface area contributed by atoms with Crippen molar-refractivity contribution in [2.75, 3.05) is 6.61 Å². The Hall–Kier alpha value is -2.81. The maximum absolute atomic E-state index is 12.2. The predicted octanol–water partition coefficient (Wildman–Crippen LogP) is 1.15. The molecule has 2 heterocycles. The van der Waals surface area contributed by atoms with Crippen LogP contribution in [0.4, 0.5) is 0 Å². The van der Waals surface area contributed by atoms with Crippen LogP contribution in [0, 0.1) is 11.3 Å². The molecule has 21 heavy (non-hydrogen) atoms. The zero-order valence-corrected chi connectivity index (χ0v) is 11.8. The number of carbonyl (C=O) groups is 1. The zero-order valence-electron chi connectivity index (χ0n) is 11.8. The number of nitriles is 1. The summed E-state index contributed by atoms with van der Waals surface area (Å²) in [5.74, 6) is -0.728. The van der Waals surface area contributed by atoms with Crippen LogP contribution in [0.3, 0.4) is 0 Å². The number of ether oxygens (including phenoxy) is 2. The molecule has 6 nitrogen and oxygen atoms in total. The van der Waals surface area contributed by atoms with Crippen LogP contribution in [0.1, 0.15) is 25.3 Å². The molecule has 1 aliphatic heterocycles. The van der Waals surface area contributed by atoms with Gasteiger partial charge in [0.25, 0.3) is 0 Å². The number of pyridine rings is 1. The first kappa shape index (κ1) is 14.6. The number of hydrogen-bond donors (Lipinski definition) is 1. The SMILES string of the molecule is CCOC(=O)C1=C(C)OC(N)=C(C#N)C1c1cc[nH+]cc1. The van der Waals surface area contributed by atoms with Gasteiger partial charge in [0.1, 0.15) is 17.4 Å². The number of allylic oxidation sites excluding steroid dienone is 2. The van der Waals surface area contributed by atoms with Gasteiger partial charge < -0.3 is 15.2 Å². The third kappa shape index (κ3) is 2.72. The van der Waals surface area contributed by atoms with Crippen molar-refractivity contribution in [1.82, 2.24) is 0 Å². The van der Waals surface area contributed by atoms with E-state index in [1.807, 2.05) is 6.07 Å². The molecule has 1 aromatic heterocycles. The Kier molecular flexibility index (Phi) is 4.24. The fraction of sp³-hybridized carbons (Fsp3) is 0.267. The largest absolute Gasteiger partial charge is 0.463 e. The molecule has 0 saturated carbocycles. The van der Waals surface area contributed by atoms with Gasteiger partial charge in [0.15, 0.2) is 12.4 Å². The van der Waals surface area contributed by atoms with Crippen LogP contribution in [-0.4, -0.2) is 12.6 Å². The van der Waals surface area contributed by atoms with Gasteiger partial charge in [-0.2, -0.15) is 5.26 Å². The van der Waals surface area contributed by atoms with E-state index in [2.05, 4.69) is 4.98 Å². The van der Waals surface area contributed by atoms with Crippen LogP contribution in [0.5, 0.6) is 0 Å². The molecule has 2 rings (SSSR count). The Morgan fingerprint density at radius 3 is 2.76 bits per heavy atom. The average Bonchev–Trinajstić information content (AvgIpc) is 2.47. The summed E-state index contributed by atoms with van der Waals surface area (Å²) in [6, 6.07) is 5.60. The summed E-state index contributed by atoms with van der Waals surface area (Å²) in [5, 5.41) is 9.36. The van der Waals surface area contributed by atoms with Gasteiger partial charge in [0, 0.05) is 12.1 Å². The molecule has 0 bridgehead atoms. The topological polar surface area (TPSA) is 99.5 Å². The number of nitrogens with two attached hydrogens (primary N) is 1. The predicted molar refractivity (Wildman–Crippen MR) is 73.0 cm³/mol. The molecule has 6 heteroatoms. The highest BCUT2D eigenvalue weighted by Crippen LogP contribution is 2.39. The highest BCUT2D eigenvalue weighted by molar-refractivity contribution is 5.92. The third-order valence-electron chi connectivity index (χ3n) is 3.18. The minimum absolute atomic E-state index is 0.0147. The standard InChI is InChI=1S/C15H15N3O3/c1-3-20-15(19)12-9(2)21-14(17)11(8-16)13(12)10-4-6-18-7-5-10/h4-7,13H,3,17H2,1-2H3/p+1. The first-order valence-electron chi connectivity index (χ1n) is 6.51. The summed E-state index contributed by atoms with van der Waals surface area (Å²) >= 11 is 0. The highest BCUT2D eigenvalue weighted by atomic mass is 16.5. The molecule has 3 N–H and O–H groups in total. The maximum Gasteiger partial charge on any atom is 0.338 e. The van der Waals surface area contributed by atoms with Crippen LogP contribution < -0.4 is 10.7 Å². The van der Waals surface area contributed by atoms with Crippen LogP contribution >= 0.6 is 0 Å². The number of H-pyrrole nitrogens is 1. The highest BCUT2D eigenvalue weighted by Gasteiger charge is 2.36. The van der Waals surface area contributed by atoms with Crippen LogP contribution in [-0.2, 0) is 14.3 Å². The number of rotatable bonds is 3. The Balaban J connectivity index is 2.58. The maximum atomic E-state index is 12.2. The third-order valence-corrected chi connectivity index (χ3v) is 3.18. The second-order valence-electron chi connectivity index (χ2n) is 4.45. The van der Waals surface area contributed by atoms with Gasteiger partial charge in [-0.25, -0.2) is 9.78 Å². The lowest BCUT2D eigenvalue weighted by Gasteiger charge is -2.26. The van der Waals surface area contributed by atoms with Crippen molar-refractivity contribution < 1.29 is 19.3 Å². The second kappa shape index (κ2) is 6.09. The fourth-order valence-corrected chi connectivity index (χ4v) is 2.28. The van der Waals surface area contributed by atoms with Gasteiger partial charge >= 0.3 is 5.97 Å². The lowest BCUT2D eigenvalue weighted by molar-refractivity contribution is -0.378. The zero-order chi connectivity index (χ0) is 15.4. The van der Waals surface area contributed by atoms with Gasteiger partial charge in [0.2, 0.25) is 5.88 Å². The number of carbonyl (C=O) groups excluding carboxylic acids is 1. The number of nitrogens with one attached hydrogen (secondary N) is 1. The summed E-state index contributed by atoms with van der Waals surface area (Å²) in [6.45, 7) is 3.60. The summed E-state index contributed by atoms with van der Waals surface area (Å²) in [5.41, 5.74) is 7.05. The molecule has 0 amide bonds. The van der Waals surface area contributed by atoms with Crippen LogP contribution in [0.25, 0.3) is 0 Å². The first-order chi connectivity index (χ1) is 10.1. The van der Waals surface area contributed by atoms with Gasteiger partial charge in [-0.3, -0.25) is 0 Å². The van der Waals surface area contributed by atoms with E-state index in [1.54, 1.807) is 38.4 Å². The normalized spacial score (nSPS) is 18.0. The molecule has 1 unspecified atom stereocenters. The minimum atomic E-state index is -0.586. The Labute approximate surface area is 122 Å². The summed E-state index contributed by atoms with van der Waals surface area (Å²) in [6.07, 6.45) is 3.43. The molecule has 1 atom stereocenters. The summed E-state index contributed by atoms with van der Waals surface area (Å²) in [4.78, 5) is 15.1. The van der Waals surface area contributed by atoms with Crippen molar-refractivity contribution in [1.29, 1.82) is 5.26 Å². The van der Waals surface area contributed by atoms with E-state index in [0.29, 0.717) is 11.3 Å². The fourth-order valence-electron chi connectivity index (χ4n) is 2.28. The molecular formula is C15H16N3O3+. The lowest BCUT2D eigenvalue weighted by Crippen LogP contribution is -2.25. The van der Waals surface area contributed by atoms with E-state index in [4.69, 9.17) is 15.2 Å². The lowest BCUT2D eigenvalue weighted by atomic mass is 9.83. The number of nitrogens with zero attached hydrogens (tertiary/aromatic N) is 1. The van der Waals surface area contributed by atoms with Crippen molar-refractivity contribution >= 4 is 5.97 Å². The van der Waals surface area contributed by atoms with Gasteiger partial charge in [-0.05, 0) is 19.4 Å². The minimum Gasteiger partial charge on any atom is -0.463 e. The number of aromatic amines is 1. The van der Waals surface area contributed by atoms with E-state index >= 15 is 0 Å². The summed E-state index contributed by atoms with van der Waals surface area (Å²) in [7, 11) is 0. The van der Waals surface area contributed by atoms with Gasteiger partial charge in [-0.1, -0.05) is 0 Å². The molecule has 1 aromatic rings. The molecular weight excluding hydrogens is 270 g/mol. The van der Waals surface area contributed by atoms with E-state index < -0.39 is 11.9 Å². The molecule has 0 radical (unpaired) electrons. The second-order valence-corrected chi connectivity index (χ2v) is 4.45. The number of esters is 1. The average molecular weight is 286 g/mol. The molecule has 0 aliphatic carbocycles. The van der Waals surface area contributed by atoms with Crippen molar-refractivity contribution in [2.45, 2.75) is 19.8 Å². The van der Waals surface area contributed by atoms with Crippen molar-refractivity contribution in [3.8, 4) is 6.07 Å².